The fourth-order valence-corrected chi connectivity index (χ4v) is 2.78. The summed E-state index contributed by atoms with van der Waals surface area (Å²) in [7, 11) is 0. The van der Waals surface area contributed by atoms with Crippen LogP contribution in [0.2, 0.25) is 0 Å². The summed E-state index contributed by atoms with van der Waals surface area (Å²) in [4.78, 5) is 0. The Morgan fingerprint density at radius 2 is 2.07 bits per heavy atom. The van der Waals surface area contributed by atoms with Crippen LogP contribution in [-0.2, 0) is 0 Å². The number of aryl methyl sites for hydroxylation is 1. The molecule has 0 aromatic carbocycles. The normalized spacial score (nSPS) is 26.5. The lowest BCUT2D eigenvalue weighted by Crippen LogP contribution is -2.21. The maximum Gasteiger partial charge on any atom is 0.205 e. The first-order valence-electron chi connectivity index (χ1n) is 5.42. The number of nitrogens with one attached hydrogen (secondary N) is 1. The molecular weight excluding hydrogens is 230 g/mol. The second kappa shape index (κ2) is 5.12. The van der Waals surface area contributed by atoms with Gasteiger partial charge < -0.3 is 5.32 Å². The fraction of sp³-hybridized carbons (Fsp3) is 0.800. The molecule has 84 valence electrons. The van der Waals surface area contributed by atoms with Crippen molar-refractivity contribution in [1.82, 2.24) is 10.2 Å². The Labute approximate surface area is 99.2 Å². The van der Waals surface area contributed by atoms with Gasteiger partial charge in [-0.1, -0.05) is 11.3 Å². The third-order valence-electron chi connectivity index (χ3n) is 2.84. The van der Waals surface area contributed by atoms with Gasteiger partial charge in [0.25, 0.3) is 0 Å². The molecular formula is C10H16ClN3S. The van der Waals surface area contributed by atoms with Crippen LogP contribution in [0.25, 0.3) is 0 Å². The van der Waals surface area contributed by atoms with E-state index >= 15 is 0 Å². The minimum atomic E-state index is 0.407. The summed E-state index contributed by atoms with van der Waals surface area (Å²) in [5.41, 5.74) is 0. The molecule has 0 atom stereocenters. The van der Waals surface area contributed by atoms with Gasteiger partial charge in [-0.05, 0) is 38.5 Å². The molecule has 2 rings (SSSR count). The number of hydrogen-bond acceptors (Lipinski definition) is 4. The first-order valence-corrected chi connectivity index (χ1v) is 6.67. The largest absolute Gasteiger partial charge is 0.360 e. The molecule has 1 aromatic rings. The van der Waals surface area contributed by atoms with Crippen molar-refractivity contribution in [2.45, 2.75) is 38.0 Å². The first-order chi connectivity index (χ1) is 7.24. The molecule has 1 aliphatic rings. The Kier molecular flexibility index (Phi) is 3.81. The third-order valence-corrected chi connectivity index (χ3v) is 4.08. The average Bonchev–Trinajstić information content (AvgIpc) is 2.64. The topological polar surface area (TPSA) is 37.8 Å². The van der Waals surface area contributed by atoms with Crippen LogP contribution in [0.4, 0.5) is 5.13 Å². The molecule has 0 unspecified atom stereocenters. The zero-order chi connectivity index (χ0) is 10.7. The van der Waals surface area contributed by atoms with Crippen LogP contribution in [-0.4, -0.2) is 22.1 Å². The predicted octanol–water partition coefficient (Wildman–Crippen LogP) is 3.06. The van der Waals surface area contributed by atoms with Gasteiger partial charge in [-0.3, -0.25) is 0 Å². The van der Waals surface area contributed by atoms with Gasteiger partial charge in [0.15, 0.2) is 0 Å². The summed E-state index contributed by atoms with van der Waals surface area (Å²) in [6, 6.07) is 0. The van der Waals surface area contributed by atoms with E-state index in [1.165, 1.54) is 12.8 Å². The minimum absolute atomic E-state index is 0.407. The number of rotatable bonds is 3. The van der Waals surface area contributed by atoms with E-state index < -0.39 is 0 Å². The lowest BCUT2D eigenvalue weighted by molar-refractivity contribution is 0.378. The highest BCUT2D eigenvalue weighted by Crippen LogP contribution is 2.28. The van der Waals surface area contributed by atoms with Crippen molar-refractivity contribution in [1.29, 1.82) is 0 Å². The van der Waals surface area contributed by atoms with Gasteiger partial charge >= 0.3 is 0 Å². The zero-order valence-corrected chi connectivity index (χ0v) is 10.4. The van der Waals surface area contributed by atoms with E-state index in [4.69, 9.17) is 11.6 Å². The molecule has 0 aliphatic heterocycles. The molecule has 5 heteroatoms. The number of hydrogen-bond donors (Lipinski definition) is 1. The van der Waals surface area contributed by atoms with Crippen molar-refractivity contribution in [3.8, 4) is 0 Å². The number of nitrogens with zero attached hydrogens (tertiary/aromatic N) is 2. The Morgan fingerprint density at radius 3 is 2.67 bits per heavy atom. The summed E-state index contributed by atoms with van der Waals surface area (Å²) in [5.74, 6) is 0.754. The van der Waals surface area contributed by atoms with Crippen LogP contribution in [0.5, 0.6) is 0 Å². The van der Waals surface area contributed by atoms with Gasteiger partial charge in [-0.15, -0.1) is 21.8 Å². The summed E-state index contributed by atoms with van der Waals surface area (Å²) in [6.07, 6.45) is 4.78. The fourth-order valence-electron chi connectivity index (χ4n) is 1.93. The SMILES string of the molecule is Cc1nnc(NCC2CCC(Cl)CC2)s1. The van der Waals surface area contributed by atoms with Crippen molar-refractivity contribution in [3.63, 3.8) is 0 Å². The zero-order valence-electron chi connectivity index (χ0n) is 8.87. The van der Waals surface area contributed by atoms with Crippen molar-refractivity contribution in [2.24, 2.45) is 5.92 Å². The number of alkyl halides is 1. The van der Waals surface area contributed by atoms with E-state index in [1.807, 2.05) is 6.92 Å². The molecule has 0 spiro atoms. The molecule has 3 nitrogen and oxygen atoms in total. The van der Waals surface area contributed by atoms with E-state index in [2.05, 4.69) is 15.5 Å². The van der Waals surface area contributed by atoms with Gasteiger partial charge in [0.1, 0.15) is 5.01 Å². The quantitative estimate of drug-likeness (QED) is 0.832. The second-order valence-corrected chi connectivity index (χ2v) is 5.92. The molecule has 0 radical (unpaired) electrons. The van der Waals surface area contributed by atoms with Crippen molar-refractivity contribution < 1.29 is 0 Å². The van der Waals surface area contributed by atoms with Gasteiger partial charge in [0, 0.05) is 11.9 Å². The number of halogens is 1. The average molecular weight is 246 g/mol. The highest BCUT2D eigenvalue weighted by molar-refractivity contribution is 7.15. The molecule has 0 amide bonds. The highest BCUT2D eigenvalue weighted by atomic mass is 35.5. The Bertz CT molecular complexity index is 307. The van der Waals surface area contributed by atoms with Crippen LogP contribution in [0.3, 0.4) is 0 Å². The molecule has 1 aliphatic carbocycles. The van der Waals surface area contributed by atoms with E-state index in [9.17, 15) is 0 Å². The standard InChI is InChI=1S/C10H16ClN3S/c1-7-13-14-10(15-7)12-6-8-2-4-9(11)5-3-8/h8-9H,2-6H2,1H3,(H,12,14). The van der Waals surface area contributed by atoms with Crippen molar-refractivity contribution >= 4 is 28.1 Å². The Balaban J connectivity index is 1.74. The van der Waals surface area contributed by atoms with Crippen LogP contribution in [0, 0.1) is 12.8 Å². The maximum atomic E-state index is 6.06. The lowest BCUT2D eigenvalue weighted by atomic mass is 9.89. The molecule has 1 aromatic heterocycles. The molecule has 0 saturated heterocycles. The van der Waals surface area contributed by atoms with Crippen LogP contribution in [0.15, 0.2) is 0 Å². The van der Waals surface area contributed by atoms with Gasteiger partial charge in [-0.25, -0.2) is 0 Å². The monoisotopic (exact) mass is 245 g/mol. The smallest absolute Gasteiger partial charge is 0.205 e. The molecule has 0 bridgehead atoms. The number of anilines is 1. The third kappa shape index (κ3) is 3.31. The molecule has 1 fully saturated rings. The molecule has 1 N–H and O–H groups in total. The highest BCUT2D eigenvalue weighted by Gasteiger charge is 2.19. The summed E-state index contributed by atoms with van der Waals surface area (Å²) < 4.78 is 0. The summed E-state index contributed by atoms with van der Waals surface area (Å²) in [6.45, 7) is 2.99. The minimum Gasteiger partial charge on any atom is -0.360 e. The summed E-state index contributed by atoms with van der Waals surface area (Å²) >= 11 is 7.68. The van der Waals surface area contributed by atoms with E-state index in [1.54, 1.807) is 11.3 Å². The van der Waals surface area contributed by atoms with E-state index in [-0.39, 0.29) is 0 Å². The Morgan fingerprint density at radius 1 is 1.33 bits per heavy atom. The molecule has 15 heavy (non-hydrogen) atoms. The lowest BCUT2D eigenvalue weighted by Gasteiger charge is -2.24. The van der Waals surface area contributed by atoms with Crippen LogP contribution >= 0.6 is 22.9 Å². The maximum absolute atomic E-state index is 6.06. The van der Waals surface area contributed by atoms with E-state index in [0.717, 1.165) is 35.4 Å². The van der Waals surface area contributed by atoms with Crippen molar-refractivity contribution in [3.05, 3.63) is 5.01 Å². The summed E-state index contributed by atoms with van der Waals surface area (Å²) in [5, 5.41) is 13.7. The predicted molar refractivity (Wildman–Crippen MR) is 64.7 cm³/mol. The Hall–Kier alpha value is -0.350. The van der Waals surface area contributed by atoms with Crippen LogP contribution in [0.1, 0.15) is 30.7 Å². The molecule has 1 heterocycles. The van der Waals surface area contributed by atoms with Gasteiger partial charge in [0.05, 0.1) is 0 Å². The van der Waals surface area contributed by atoms with E-state index in [0.29, 0.717) is 5.38 Å². The second-order valence-electron chi connectivity index (χ2n) is 4.13. The van der Waals surface area contributed by atoms with Gasteiger partial charge in [0.2, 0.25) is 5.13 Å². The van der Waals surface area contributed by atoms with Crippen LogP contribution < -0.4 is 5.32 Å². The molecule has 1 saturated carbocycles. The first kappa shape index (κ1) is 11.1. The number of aromatic nitrogens is 2. The van der Waals surface area contributed by atoms with Gasteiger partial charge in [-0.2, -0.15) is 0 Å². The van der Waals surface area contributed by atoms with Crippen molar-refractivity contribution in [2.75, 3.05) is 11.9 Å².